The lowest BCUT2D eigenvalue weighted by Gasteiger charge is -2.06. The maximum Gasteiger partial charge on any atom is 0.0387 e. The maximum atomic E-state index is 4.02. The van der Waals surface area contributed by atoms with Crippen molar-refractivity contribution in [2.24, 2.45) is 5.92 Å². The highest BCUT2D eigenvalue weighted by molar-refractivity contribution is 7.80. The van der Waals surface area contributed by atoms with Gasteiger partial charge in [-0.1, -0.05) is 20.3 Å². The van der Waals surface area contributed by atoms with Crippen molar-refractivity contribution in [3.63, 3.8) is 0 Å². The van der Waals surface area contributed by atoms with Crippen LogP contribution >= 0.6 is 12.6 Å². The molecule has 0 rings (SSSR count). The zero-order valence-corrected chi connectivity index (χ0v) is 6.54. The van der Waals surface area contributed by atoms with E-state index in [1.54, 1.807) is 0 Å². The molecule has 8 heavy (non-hydrogen) atoms. The molecule has 50 valence electrons. The molecule has 0 aromatic rings. The third-order valence-corrected chi connectivity index (χ3v) is 1.53. The van der Waals surface area contributed by atoms with E-state index in [9.17, 15) is 0 Å². The molecular weight excluding hydrogens is 118 g/mol. The van der Waals surface area contributed by atoms with E-state index < -0.39 is 0 Å². The fraction of sp³-hybridized carbons (Fsp3) is 1.00. The monoisotopic (exact) mass is 133 g/mol. The summed E-state index contributed by atoms with van der Waals surface area (Å²) in [5, 5.41) is 3.16. The van der Waals surface area contributed by atoms with Gasteiger partial charge in [0.05, 0.1) is 0 Å². The van der Waals surface area contributed by atoms with Crippen LogP contribution in [-0.4, -0.2) is 12.4 Å². The van der Waals surface area contributed by atoms with E-state index in [0.717, 1.165) is 18.3 Å². The first kappa shape index (κ1) is 8.31. The fourth-order valence-electron chi connectivity index (χ4n) is 0.455. The number of hydrogen-bond acceptors (Lipinski definition) is 2. The van der Waals surface area contributed by atoms with E-state index in [0.29, 0.717) is 0 Å². The summed E-state index contributed by atoms with van der Waals surface area (Å²) in [6, 6.07) is 0. The van der Waals surface area contributed by atoms with Gasteiger partial charge in [0, 0.05) is 5.88 Å². The van der Waals surface area contributed by atoms with Gasteiger partial charge in [-0.3, -0.25) is 0 Å². The summed E-state index contributed by atoms with van der Waals surface area (Å²) in [6.07, 6.45) is 1.25. The van der Waals surface area contributed by atoms with Gasteiger partial charge in [0.15, 0.2) is 0 Å². The van der Waals surface area contributed by atoms with Crippen molar-refractivity contribution >= 4 is 12.6 Å². The Hall–Kier alpha value is 0.310. The van der Waals surface area contributed by atoms with Gasteiger partial charge in [0.25, 0.3) is 0 Å². The van der Waals surface area contributed by atoms with Gasteiger partial charge in [-0.25, -0.2) is 0 Å². The lowest BCUT2D eigenvalue weighted by molar-refractivity contribution is 0.524. The third kappa shape index (κ3) is 4.47. The van der Waals surface area contributed by atoms with Gasteiger partial charge in [-0.2, -0.15) is 12.6 Å². The predicted octanol–water partition coefficient (Wildman–Crippen LogP) is 1.51. The summed E-state index contributed by atoms with van der Waals surface area (Å²) >= 11 is 4.02. The molecule has 0 saturated carbocycles. The lowest BCUT2D eigenvalue weighted by Crippen LogP contribution is -2.18. The van der Waals surface area contributed by atoms with E-state index in [2.05, 4.69) is 31.8 Å². The summed E-state index contributed by atoms with van der Waals surface area (Å²) in [5.74, 6) is 1.59. The van der Waals surface area contributed by atoms with E-state index in [1.807, 2.05) is 0 Å². The van der Waals surface area contributed by atoms with Crippen molar-refractivity contribution < 1.29 is 0 Å². The molecule has 0 saturated heterocycles. The Kier molecular flexibility index (Phi) is 5.66. The average molecular weight is 133 g/mol. The first-order chi connectivity index (χ1) is 3.81. The first-order valence-corrected chi connectivity index (χ1v) is 3.76. The topological polar surface area (TPSA) is 12.0 Å². The highest BCUT2D eigenvalue weighted by Crippen LogP contribution is 1.96. The lowest BCUT2D eigenvalue weighted by atomic mass is 10.1. The SMILES string of the molecule is CCC(C)CNCS. The summed E-state index contributed by atoms with van der Waals surface area (Å²) in [4.78, 5) is 0. The van der Waals surface area contributed by atoms with Crippen LogP contribution in [-0.2, 0) is 0 Å². The molecule has 0 heterocycles. The van der Waals surface area contributed by atoms with E-state index >= 15 is 0 Å². The molecular formula is C6H15NS. The van der Waals surface area contributed by atoms with E-state index in [1.165, 1.54) is 6.42 Å². The molecule has 0 aliphatic heterocycles. The van der Waals surface area contributed by atoms with Crippen molar-refractivity contribution in [2.75, 3.05) is 12.4 Å². The average Bonchev–Trinajstić information content (AvgIpc) is 1.83. The van der Waals surface area contributed by atoms with Gasteiger partial charge < -0.3 is 5.32 Å². The Morgan fingerprint density at radius 2 is 2.25 bits per heavy atom. The molecule has 1 unspecified atom stereocenters. The van der Waals surface area contributed by atoms with E-state index in [4.69, 9.17) is 0 Å². The highest BCUT2D eigenvalue weighted by atomic mass is 32.1. The molecule has 0 aliphatic carbocycles. The van der Waals surface area contributed by atoms with Crippen LogP contribution in [0.5, 0.6) is 0 Å². The standard InChI is InChI=1S/C6H15NS/c1-3-6(2)4-7-5-8/h6-8H,3-5H2,1-2H3. The minimum atomic E-state index is 0.794. The molecule has 0 aliphatic rings. The Balaban J connectivity index is 2.86. The van der Waals surface area contributed by atoms with Crippen LogP contribution in [0.2, 0.25) is 0 Å². The smallest absolute Gasteiger partial charge is 0.0387 e. The van der Waals surface area contributed by atoms with Crippen molar-refractivity contribution in [2.45, 2.75) is 20.3 Å². The van der Waals surface area contributed by atoms with Gasteiger partial charge >= 0.3 is 0 Å². The molecule has 1 atom stereocenters. The minimum absolute atomic E-state index is 0.794. The second-order valence-corrected chi connectivity index (χ2v) is 2.44. The Morgan fingerprint density at radius 3 is 2.62 bits per heavy atom. The Morgan fingerprint density at radius 1 is 1.62 bits per heavy atom. The molecule has 2 heteroatoms. The van der Waals surface area contributed by atoms with Crippen LogP contribution in [0.4, 0.5) is 0 Å². The molecule has 0 aromatic heterocycles. The van der Waals surface area contributed by atoms with Gasteiger partial charge in [0.1, 0.15) is 0 Å². The maximum absolute atomic E-state index is 4.02. The van der Waals surface area contributed by atoms with Crippen LogP contribution in [0, 0.1) is 5.92 Å². The van der Waals surface area contributed by atoms with E-state index in [-0.39, 0.29) is 0 Å². The van der Waals surface area contributed by atoms with Crippen molar-refractivity contribution in [1.82, 2.24) is 5.32 Å². The first-order valence-electron chi connectivity index (χ1n) is 3.12. The van der Waals surface area contributed by atoms with Crippen LogP contribution in [0.3, 0.4) is 0 Å². The normalized spacial score (nSPS) is 13.9. The molecule has 0 amide bonds. The van der Waals surface area contributed by atoms with Crippen LogP contribution in [0.15, 0.2) is 0 Å². The van der Waals surface area contributed by atoms with Gasteiger partial charge in [-0.15, -0.1) is 0 Å². The zero-order chi connectivity index (χ0) is 6.41. The van der Waals surface area contributed by atoms with Crippen molar-refractivity contribution in [1.29, 1.82) is 0 Å². The minimum Gasteiger partial charge on any atom is -0.308 e. The molecule has 1 nitrogen and oxygen atoms in total. The summed E-state index contributed by atoms with van der Waals surface area (Å²) in [6.45, 7) is 5.53. The van der Waals surface area contributed by atoms with Crippen molar-refractivity contribution in [3.05, 3.63) is 0 Å². The molecule has 1 N–H and O–H groups in total. The molecule has 0 aromatic carbocycles. The summed E-state index contributed by atoms with van der Waals surface area (Å²) in [7, 11) is 0. The number of thiol groups is 1. The number of rotatable bonds is 4. The summed E-state index contributed by atoms with van der Waals surface area (Å²) < 4.78 is 0. The van der Waals surface area contributed by atoms with Crippen molar-refractivity contribution in [3.8, 4) is 0 Å². The molecule has 0 bridgehead atoms. The largest absolute Gasteiger partial charge is 0.308 e. The van der Waals surface area contributed by atoms with Gasteiger partial charge in [0.2, 0.25) is 0 Å². The number of hydrogen-bond donors (Lipinski definition) is 2. The predicted molar refractivity (Wildman–Crippen MR) is 41.3 cm³/mol. The highest BCUT2D eigenvalue weighted by Gasteiger charge is 1.93. The molecule has 0 fully saturated rings. The van der Waals surface area contributed by atoms with Crippen LogP contribution in [0.25, 0.3) is 0 Å². The van der Waals surface area contributed by atoms with Gasteiger partial charge in [-0.05, 0) is 12.5 Å². The van der Waals surface area contributed by atoms with Crippen LogP contribution < -0.4 is 5.32 Å². The Labute approximate surface area is 57.3 Å². The second-order valence-electron chi connectivity index (χ2n) is 2.13. The third-order valence-electron chi connectivity index (χ3n) is 1.30. The fourth-order valence-corrected chi connectivity index (χ4v) is 0.584. The second kappa shape index (κ2) is 5.45. The molecule has 0 radical (unpaired) electrons. The van der Waals surface area contributed by atoms with Crippen LogP contribution in [0.1, 0.15) is 20.3 Å². The molecule has 0 spiro atoms. The quantitative estimate of drug-likeness (QED) is 0.437. The number of nitrogens with one attached hydrogen (secondary N) is 1. The zero-order valence-electron chi connectivity index (χ0n) is 5.65. The Bertz CT molecular complexity index is 47.8. The summed E-state index contributed by atoms with van der Waals surface area (Å²) in [5.41, 5.74) is 0.